The van der Waals surface area contributed by atoms with Crippen LogP contribution in [0, 0.1) is 5.92 Å². The van der Waals surface area contributed by atoms with Gasteiger partial charge in [-0.2, -0.15) is 5.10 Å². The summed E-state index contributed by atoms with van der Waals surface area (Å²) >= 11 is 12.6. The van der Waals surface area contributed by atoms with Crippen molar-refractivity contribution in [3.63, 3.8) is 0 Å². The number of hydrogen-bond acceptors (Lipinski definition) is 9. The van der Waals surface area contributed by atoms with Crippen LogP contribution >= 0.6 is 23.2 Å². The van der Waals surface area contributed by atoms with E-state index < -0.39 is 15.9 Å². The number of aromatic nitrogens is 5. The minimum atomic E-state index is -3.03. The van der Waals surface area contributed by atoms with Crippen LogP contribution in [0.5, 0.6) is 11.5 Å². The van der Waals surface area contributed by atoms with Gasteiger partial charge < -0.3 is 14.4 Å². The number of methoxy groups -OCH3 is 1. The van der Waals surface area contributed by atoms with Crippen LogP contribution in [-0.2, 0) is 9.84 Å². The second kappa shape index (κ2) is 10.2. The van der Waals surface area contributed by atoms with Gasteiger partial charge in [0.1, 0.15) is 21.6 Å². The predicted molar refractivity (Wildman–Crippen MR) is 147 cm³/mol. The van der Waals surface area contributed by atoms with Crippen LogP contribution in [0.3, 0.4) is 0 Å². The second-order valence-electron chi connectivity index (χ2n) is 9.41. The van der Waals surface area contributed by atoms with E-state index in [1.807, 2.05) is 30.9 Å². The first-order valence-corrected chi connectivity index (χ1v) is 14.7. The zero-order valence-electron chi connectivity index (χ0n) is 21.1. The molecule has 0 radical (unpaired) electrons. The van der Waals surface area contributed by atoms with Gasteiger partial charge in [0.05, 0.1) is 28.4 Å². The maximum Gasteiger partial charge on any atom is 0.225 e. The molecule has 1 aromatic carbocycles. The lowest BCUT2D eigenvalue weighted by atomic mass is 9.92. The molecule has 4 aromatic rings. The topological polar surface area (TPSA) is 123 Å². The first kappa shape index (κ1) is 26.5. The van der Waals surface area contributed by atoms with E-state index in [-0.39, 0.29) is 17.7 Å². The molecule has 3 aromatic heterocycles. The summed E-state index contributed by atoms with van der Waals surface area (Å²) in [7, 11) is -1.47. The van der Waals surface area contributed by atoms with Gasteiger partial charge in [-0.3, -0.25) is 10.1 Å². The third-order valence-electron chi connectivity index (χ3n) is 6.74. The van der Waals surface area contributed by atoms with Crippen LogP contribution in [0.2, 0.25) is 10.0 Å². The molecule has 1 N–H and O–H groups in total. The fraction of sp³-hybridized carbons (Fsp3) is 0.360. The molecule has 10 nitrogen and oxygen atoms in total. The fourth-order valence-corrected chi connectivity index (χ4v) is 6.51. The number of halogens is 2. The van der Waals surface area contributed by atoms with Crippen LogP contribution in [0.25, 0.3) is 22.2 Å². The van der Waals surface area contributed by atoms with Crippen LogP contribution in [0.15, 0.2) is 36.9 Å². The van der Waals surface area contributed by atoms with Crippen LogP contribution in [0.4, 0.5) is 5.95 Å². The number of H-pyrrole nitrogens is 1. The molecule has 0 amide bonds. The normalized spacial score (nSPS) is 18.3. The Balaban J connectivity index is 1.41. The Morgan fingerprint density at radius 2 is 1.82 bits per heavy atom. The van der Waals surface area contributed by atoms with Gasteiger partial charge in [-0.05, 0) is 19.9 Å². The highest BCUT2D eigenvalue weighted by Gasteiger charge is 2.38. The lowest BCUT2D eigenvalue weighted by molar-refractivity contribution is 0.216. The average Bonchev–Trinajstić information content (AvgIpc) is 3.28. The molecule has 0 aliphatic carbocycles. The highest BCUT2D eigenvalue weighted by Crippen LogP contribution is 2.40. The molecule has 0 saturated carbocycles. The summed E-state index contributed by atoms with van der Waals surface area (Å²) in [6.45, 7) is 4.43. The molecule has 3 atom stereocenters. The SMILES string of the molecule is COc1cc2[nH]nc(-c3cnc(N4C[C@H](CS(C)(=O)=O)[C@H]4C)nc3)c2cc1O[C@H](C)c1c(Cl)cncc1Cl. The second-order valence-corrected chi connectivity index (χ2v) is 12.4. The summed E-state index contributed by atoms with van der Waals surface area (Å²) in [5, 5.41) is 9.11. The molecule has 200 valence electrons. The molecular weight excluding hydrogens is 551 g/mol. The Morgan fingerprint density at radius 3 is 2.42 bits per heavy atom. The lowest BCUT2D eigenvalue weighted by Crippen LogP contribution is -2.57. The Bertz CT molecular complexity index is 1580. The van der Waals surface area contributed by atoms with Crippen molar-refractivity contribution in [3.05, 3.63) is 52.5 Å². The number of hydrogen-bond donors (Lipinski definition) is 1. The van der Waals surface area contributed by atoms with E-state index in [0.717, 1.165) is 10.9 Å². The quantitative estimate of drug-likeness (QED) is 0.316. The summed E-state index contributed by atoms with van der Waals surface area (Å²) in [4.78, 5) is 15.1. The number of fused-ring (bicyclic) bond motifs is 1. The monoisotopic (exact) mass is 576 g/mol. The molecule has 38 heavy (non-hydrogen) atoms. The van der Waals surface area contributed by atoms with Gasteiger partial charge in [-0.25, -0.2) is 18.4 Å². The fourth-order valence-electron chi connectivity index (χ4n) is 4.68. The maximum absolute atomic E-state index is 11.6. The van der Waals surface area contributed by atoms with E-state index >= 15 is 0 Å². The lowest BCUT2D eigenvalue weighted by Gasteiger charge is -2.46. The third kappa shape index (κ3) is 5.10. The molecule has 0 bridgehead atoms. The van der Waals surface area contributed by atoms with Crippen LogP contribution < -0.4 is 14.4 Å². The van der Waals surface area contributed by atoms with E-state index in [1.54, 1.807) is 19.5 Å². The minimum absolute atomic E-state index is 0.0401. The standard InChI is InChI=1S/C25H26Cl2N6O4S/c1-13-16(12-38(4,34)35)11-33(13)25-29-7-15(8-30-25)24-17-5-22(21(36-3)6-20(17)31-32-24)37-14(2)23-18(26)9-28-10-19(23)27/h5-10,13-14,16H,11-12H2,1-4H3,(H,31,32)/t13-,14-,16-/m1/s1. The van der Waals surface area contributed by atoms with E-state index in [4.69, 9.17) is 32.7 Å². The van der Waals surface area contributed by atoms with Gasteiger partial charge in [0.2, 0.25) is 5.95 Å². The van der Waals surface area contributed by atoms with Gasteiger partial charge >= 0.3 is 0 Å². The van der Waals surface area contributed by atoms with Gasteiger partial charge in [0.15, 0.2) is 11.5 Å². The molecule has 0 spiro atoms. The molecule has 5 rings (SSSR count). The van der Waals surface area contributed by atoms with Crippen molar-refractivity contribution in [1.82, 2.24) is 25.1 Å². The summed E-state index contributed by atoms with van der Waals surface area (Å²) in [5.41, 5.74) is 2.74. The smallest absolute Gasteiger partial charge is 0.225 e. The largest absolute Gasteiger partial charge is 0.493 e. The number of anilines is 1. The van der Waals surface area contributed by atoms with E-state index in [9.17, 15) is 8.42 Å². The first-order valence-electron chi connectivity index (χ1n) is 11.8. The number of nitrogens with zero attached hydrogens (tertiary/aromatic N) is 5. The Labute approximate surface area is 230 Å². The molecule has 1 aliphatic rings. The Morgan fingerprint density at radius 1 is 1.13 bits per heavy atom. The number of rotatable bonds is 8. The van der Waals surface area contributed by atoms with Crippen molar-refractivity contribution in [2.45, 2.75) is 26.0 Å². The zero-order valence-corrected chi connectivity index (χ0v) is 23.5. The van der Waals surface area contributed by atoms with Crippen molar-refractivity contribution < 1.29 is 17.9 Å². The maximum atomic E-state index is 11.6. The average molecular weight is 577 g/mol. The predicted octanol–water partition coefficient (Wildman–Crippen LogP) is 4.74. The van der Waals surface area contributed by atoms with Crippen molar-refractivity contribution in [2.75, 3.05) is 30.6 Å². The van der Waals surface area contributed by atoms with Gasteiger partial charge in [-0.1, -0.05) is 23.2 Å². The summed E-state index contributed by atoms with van der Waals surface area (Å²) in [6.07, 6.45) is 7.24. The van der Waals surface area contributed by atoms with E-state index in [2.05, 4.69) is 25.1 Å². The molecule has 1 fully saturated rings. The van der Waals surface area contributed by atoms with Crippen molar-refractivity contribution in [1.29, 1.82) is 0 Å². The Kier molecular flexibility index (Phi) is 7.10. The molecule has 13 heteroatoms. The summed E-state index contributed by atoms with van der Waals surface area (Å²) < 4.78 is 35.1. The van der Waals surface area contributed by atoms with E-state index in [1.165, 1.54) is 18.6 Å². The number of pyridine rings is 1. The Hall–Kier alpha value is -3.15. The van der Waals surface area contributed by atoms with Crippen molar-refractivity contribution in [2.24, 2.45) is 5.92 Å². The summed E-state index contributed by atoms with van der Waals surface area (Å²) in [5.74, 6) is 1.78. The molecule has 1 saturated heterocycles. The number of nitrogens with one attached hydrogen (secondary N) is 1. The van der Waals surface area contributed by atoms with Gasteiger partial charge in [0, 0.05) is 72.1 Å². The van der Waals surface area contributed by atoms with E-state index in [0.29, 0.717) is 50.9 Å². The highest BCUT2D eigenvalue weighted by atomic mass is 35.5. The minimum Gasteiger partial charge on any atom is -0.493 e. The van der Waals surface area contributed by atoms with Crippen molar-refractivity contribution in [3.8, 4) is 22.8 Å². The molecular formula is C25H26Cl2N6O4S. The molecule has 0 unspecified atom stereocenters. The number of ether oxygens (including phenoxy) is 2. The van der Waals surface area contributed by atoms with Crippen LogP contribution in [0.1, 0.15) is 25.5 Å². The summed E-state index contributed by atoms with van der Waals surface area (Å²) in [6, 6.07) is 3.69. The van der Waals surface area contributed by atoms with Crippen LogP contribution in [-0.4, -0.2) is 65.3 Å². The third-order valence-corrected chi connectivity index (χ3v) is 8.37. The number of benzene rings is 1. The van der Waals surface area contributed by atoms with Gasteiger partial charge in [-0.15, -0.1) is 0 Å². The molecule has 4 heterocycles. The number of sulfone groups is 1. The molecule has 1 aliphatic heterocycles. The zero-order chi connectivity index (χ0) is 27.2. The number of aromatic amines is 1. The van der Waals surface area contributed by atoms with Crippen molar-refractivity contribution >= 4 is 49.9 Å². The first-order chi connectivity index (χ1) is 18.1. The van der Waals surface area contributed by atoms with Gasteiger partial charge in [0.25, 0.3) is 0 Å². The highest BCUT2D eigenvalue weighted by molar-refractivity contribution is 7.90.